The number of hydrogen-bond acceptors (Lipinski definition) is 6. The van der Waals surface area contributed by atoms with Crippen molar-refractivity contribution in [1.29, 1.82) is 0 Å². The summed E-state index contributed by atoms with van der Waals surface area (Å²) < 4.78 is 6.94. The summed E-state index contributed by atoms with van der Waals surface area (Å²) in [5, 5.41) is 4.30. The fourth-order valence-electron chi connectivity index (χ4n) is 4.92. The summed E-state index contributed by atoms with van der Waals surface area (Å²) in [5.41, 5.74) is 5.86. The normalized spacial score (nSPS) is 13.0. The maximum absolute atomic E-state index is 13.9. The van der Waals surface area contributed by atoms with Gasteiger partial charge >= 0.3 is 0 Å². The zero-order valence-electron chi connectivity index (χ0n) is 20.9. The van der Waals surface area contributed by atoms with Gasteiger partial charge in [-0.2, -0.15) is 0 Å². The predicted octanol–water partition coefficient (Wildman–Crippen LogP) is 5.99. The van der Waals surface area contributed by atoms with E-state index in [4.69, 9.17) is 9.72 Å². The van der Waals surface area contributed by atoms with E-state index in [1.54, 1.807) is 23.0 Å². The molecule has 0 aliphatic heterocycles. The summed E-state index contributed by atoms with van der Waals surface area (Å²) in [4.78, 5) is 33.8. The van der Waals surface area contributed by atoms with Crippen molar-refractivity contribution in [2.75, 3.05) is 18.2 Å². The summed E-state index contributed by atoms with van der Waals surface area (Å²) in [6.07, 6.45) is 4.15. The third kappa shape index (κ3) is 4.67. The molecule has 186 valence electrons. The third-order valence-electron chi connectivity index (χ3n) is 6.56. The van der Waals surface area contributed by atoms with Crippen LogP contribution < -0.4 is 15.6 Å². The van der Waals surface area contributed by atoms with E-state index < -0.39 is 0 Å². The minimum atomic E-state index is -0.129. The number of anilines is 1. The van der Waals surface area contributed by atoms with Crippen LogP contribution in [0.2, 0.25) is 0 Å². The first-order valence-electron chi connectivity index (χ1n) is 12.1. The van der Waals surface area contributed by atoms with Crippen LogP contribution in [0, 0.1) is 20.8 Å². The number of thioether (sulfide) groups is 1. The number of rotatable bonds is 6. The van der Waals surface area contributed by atoms with Crippen LogP contribution in [0.15, 0.2) is 46.3 Å². The zero-order valence-corrected chi connectivity index (χ0v) is 22.6. The quantitative estimate of drug-likeness (QED) is 0.250. The largest absolute Gasteiger partial charge is 0.497 e. The van der Waals surface area contributed by atoms with E-state index in [1.165, 1.54) is 16.6 Å². The van der Waals surface area contributed by atoms with E-state index in [0.29, 0.717) is 16.6 Å². The van der Waals surface area contributed by atoms with Crippen LogP contribution in [-0.2, 0) is 17.6 Å². The molecule has 1 aliphatic carbocycles. The van der Waals surface area contributed by atoms with Gasteiger partial charge in [0.25, 0.3) is 5.56 Å². The maximum Gasteiger partial charge on any atom is 0.267 e. The number of aryl methyl sites for hydroxylation is 5. The number of hydrogen-bond donors (Lipinski definition) is 1. The van der Waals surface area contributed by atoms with Crippen molar-refractivity contribution >= 4 is 44.9 Å². The summed E-state index contributed by atoms with van der Waals surface area (Å²) >= 11 is 2.91. The first-order chi connectivity index (χ1) is 17.4. The molecule has 2 aromatic heterocycles. The van der Waals surface area contributed by atoms with Crippen LogP contribution >= 0.6 is 23.1 Å². The molecule has 0 bridgehead atoms. The minimum Gasteiger partial charge on any atom is -0.497 e. The van der Waals surface area contributed by atoms with Gasteiger partial charge in [-0.15, -0.1) is 11.3 Å². The van der Waals surface area contributed by atoms with Crippen LogP contribution in [0.25, 0.3) is 15.9 Å². The number of benzene rings is 2. The molecule has 4 aromatic rings. The van der Waals surface area contributed by atoms with Gasteiger partial charge in [0.2, 0.25) is 5.91 Å². The van der Waals surface area contributed by atoms with Crippen LogP contribution in [0.5, 0.6) is 5.75 Å². The summed E-state index contributed by atoms with van der Waals surface area (Å²) in [5.74, 6) is 0.730. The van der Waals surface area contributed by atoms with E-state index in [-0.39, 0.29) is 17.2 Å². The zero-order chi connectivity index (χ0) is 25.4. The molecule has 0 unspecified atom stereocenters. The SMILES string of the molecule is COc1ccc(-n2c(SCC(=O)Nc3c(C)cc(C)cc3C)nc3sc4c(c3c2=O)CCCC4)cc1. The van der Waals surface area contributed by atoms with Crippen LogP contribution in [0.4, 0.5) is 5.69 Å². The topological polar surface area (TPSA) is 73.2 Å². The van der Waals surface area contributed by atoms with Crippen molar-refractivity contribution in [3.63, 3.8) is 0 Å². The van der Waals surface area contributed by atoms with E-state index in [0.717, 1.165) is 63.8 Å². The van der Waals surface area contributed by atoms with Gasteiger partial charge < -0.3 is 10.1 Å². The van der Waals surface area contributed by atoms with Gasteiger partial charge in [0.15, 0.2) is 5.16 Å². The monoisotopic (exact) mass is 519 g/mol. The molecule has 0 radical (unpaired) electrons. The Morgan fingerprint density at radius 1 is 1.11 bits per heavy atom. The smallest absolute Gasteiger partial charge is 0.267 e. The van der Waals surface area contributed by atoms with Crippen molar-refractivity contribution in [1.82, 2.24) is 9.55 Å². The average Bonchev–Trinajstić information content (AvgIpc) is 3.24. The molecular formula is C28H29N3O3S2. The Morgan fingerprint density at radius 2 is 1.81 bits per heavy atom. The van der Waals surface area contributed by atoms with Crippen molar-refractivity contribution in [3.05, 3.63) is 73.9 Å². The fourth-order valence-corrected chi connectivity index (χ4v) is 7.04. The number of aromatic nitrogens is 2. The maximum atomic E-state index is 13.9. The first kappa shape index (κ1) is 24.6. The predicted molar refractivity (Wildman–Crippen MR) is 148 cm³/mol. The van der Waals surface area contributed by atoms with Gasteiger partial charge in [0.05, 0.1) is 23.9 Å². The Hall–Kier alpha value is -3.10. The van der Waals surface area contributed by atoms with Gasteiger partial charge in [-0.05, 0) is 87.4 Å². The lowest BCUT2D eigenvalue weighted by Crippen LogP contribution is -2.23. The molecule has 1 aliphatic rings. The number of carbonyl (C=O) groups excluding carboxylic acids is 1. The van der Waals surface area contributed by atoms with E-state index in [2.05, 4.69) is 17.4 Å². The Kier molecular flexibility index (Phi) is 6.90. The van der Waals surface area contributed by atoms with Gasteiger partial charge in [0.1, 0.15) is 10.6 Å². The third-order valence-corrected chi connectivity index (χ3v) is 8.69. The number of ether oxygens (including phenoxy) is 1. The molecule has 0 fully saturated rings. The highest BCUT2D eigenvalue weighted by molar-refractivity contribution is 7.99. The number of fused-ring (bicyclic) bond motifs is 3. The summed E-state index contributed by atoms with van der Waals surface area (Å²) in [6.45, 7) is 6.04. The molecule has 2 aromatic carbocycles. The number of nitrogens with one attached hydrogen (secondary N) is 1. The summed E-state index contributed by atoms with van der Waals surface area (Å²) in [7, 11) is 1.61. The molecule has 5 rings (SSSR count). The Morgan fingerprint density at radius 3 is 2.50 bits per heavy atom. The molecule has 6 nitrogen and oxygen atoms in total. The molecule has 8 heteroatoms. The molecule has 2 heterocycles. The number of nitrogens with zero attached hydrogens (tertiary/aromatic N) is 2. The minimum absolute atomic E-state index is 0.0716. The molecule has 36 heavy (non-hydrogen) atoms. The molecule has 1 N–H and O–H groups in total. The molecule has 0 saturated heterocycles. The second-order valence-corrected chi connectivity index (χ2v) is 11.3. The Bertz CT molecular complexity index is 1500. The number of amides is 1. The highest BCUT2D eigenvalue weighted by atomic mass is 32.2. The lowest BCUT2D eigenvalue weighted by atomic mass is 9.97. The highest BCUT2D eigenvalue weighted by Gasteiger charge is 2.23. The van der Waals surface area contributed by atoms with Crippen LogP contribution in [0.3, 0.4) is 0 Å². The number of carbonyl (C=O) groups is 1. The second kappa shape index (κ2) is 10.1. The first-order valence-corrected chi connectivity index (χ1v) is 13.9. The van der Waals surface area contributed by atoms with Crippen molar-refractivity contribution in [2.45, 2.75) is 51.6 Å². The van der Waals surface area contributed by atoms with E-state index in [9.17, 15) is 9.59 Å². The molecule has 0 spiro atoms. The molecular weight excluding hydrogens is 490 g/mol. The standard InChI is InChI=1S/C28H29N3O3S2/c1-16-13-17(2)25(18(3)14-16)29-23(32)15-35-28-30-26-24(21-7-5-6-8-22(21)36-26)27(33)31(28)19-9-11-20(34-4)12-10-19/h9-14H,5-8,15H2,1-4H3,(H,29,32). The molecule has 0 saturated carbocycles. The lowest BCUT2D eigenvalue weighted by molar-refractivity contribution is -0.113. The van der Waals surface area contributed by atoms with Gasteiger partial charge in [-0.25, -0.2) is 4.98 Å². The van der Waals surface area contributed by atoms with Crippen molar-refractivity contribution < 1.29 is 9.53 Å². The van der Waals surface area contributed by atoms with Crippen LogP contribution in [-0.4, -0.2) is 28.3 Å². The van der Waals surface area contributed by atoms with Gasteiger partial charge in [-0.3, -0.25) is 14.2 Å². The second-order valence-electron chi connectivity index (χ2n) is 9.23. The fraction of sp³-hybridized carbons (Fsp3) is 0.321. The van der Waals surface area contributed by atoms with Crippen LogP contribution in [0.1, 0.15) is 40.0 Å². The Balaban J connectivity index is 1.51. The van der Waals surface area contributed by atoms with E-state index in [1.807, 2.05) is 45.0 Å². The highest BCUT2D eigenvalue weighted by Crippen LogP contribution is 2.35. The van der Waals surface area contributed by atoms with Crippen molar-refractivity contribution in [3.8, 4) is 11.4 Å². The Labute approximate surface area is 218 Å². The molecule has 0 atom stereocenters. The number of thiophene rings is 1. The van der Waals surface area contributed by atoms with Crippen molar-refractivity contribution in [2.24, 2.45) is 0 Å². The van der Waals surface area contributed by atoms with Gasteiger partial charge in [0, 0.05) is 10.6 Å². The summed E-state index contributed by atoms with van der Waals surface area (Å²) in [6, 6.07) is 11.5. The lowest BCUT2D eigenvalue weighted by Gasteiger charge is -2.15. The average molecular weight is 520 g/mol. The molecule has 1 amide bonds. The van der Waals surface area contributed by atoms with Gasteiger partial charge in [-0.1, -0.05) is 29.5 Å². The van der Waals surface area contributed by atoms with E-state index >= 15 is 0 Å². The number of methoxy groups -OCH3 is 1.